The first-order valence-corrected chi connectivity index (χ1v) is 7.98. The number of aliphatic carboxylic acids is 1. The summed E-state index contributed by atoms with van der Waals surface area (Å²) in [4.78, 5) is 28.1. The molecule has 0 aliphatic rings. The van der Waals surface area contributed by atoms with Crippen LogP contribution in [0.15, 0.2) is 53.3 Å². The van der Waals surface area contributed by atoms with Crippen molar-refractivity contribution in [3.63, 3.8) is 0 Å². The van der Waals surface area contributed by atoms with Gasteiger partial charge in [-0.15, -0.1) is 0 Å². The minimum atomic E-state index is -0.980. The second-order valence-electron chi connectivity index (χ2n) is 5.65. The summed E-state index contributed by atoms with van der Waals surface area (Å²) in [6.45, 7) is 0.0407. The number of hydrogen-bond donors (Lipinski definition) is 1. The van der Waals surface area contributed by atoms with Crippen LogP contribution in [0.1, 0.15) is 23.4 Å². The van der Waals surface area contributed by atoms with Gasteiger partial charge in [0.05, 0.1) is 29.0 Å². The highest BCUT2D eigenvalue weighted by Gasteiger charge is 2.10. The Labute approximate surface area is 149 Å². The van der Waals surface area contributed by atoms with E-state index in [0.29, 0.717) is 22.3 Å². The third-order valence-electron chi connectivity index (χ3n) is 3.91. The third kappa shape index (κ3) is 3.68. The molecule has 0 fully saturated rings. The average molecular weight is 345 g/mol. The smallest absolute Gasteiger partial charge is 0.305 e. The quantitative estimate of drug-likeness (QED) is 0.767. The molecule has 0 aliphatic carbocycles. The van der Waals surface area contributed by atoms with E-state index in [9.17, 15) is 9.59 Å². The number of rotatable bonds is 5. The number of carboxylic acid groups (broad SMARTS) is 1. The van der Waals surface area contributed by atoms with Crippen LogP contribution < -0.4 is 5.56 Å². The highest BCUT2D eigenvalue weighted by molar-refractivity contribution is 5.79. The molecule has 2 aromatic carbocycles. The molecule has 0 bridgehead atoms. The summed E-state index contributed by atoms with van der Waals surface area (Å²) in [6.07, 6.45) is 3.28. The van der Waals surface area contributed by atoms with Crippen LogP contribution in [0.25, 0.3) is 23.1 Å². The van der Waals surface area contributed by atoms with Gasteiger partial charge in [0.1, 0.15) is 5.82 Å². The number of para-hydroxylation sites is 1. The molecule has 26 heavy (non-hydrogen) atoms. The topological polar surface area (TPSA) is 96.0 Å². The minimum absolute atomic E-state index is 0.0407. The summed E-state index contributed by atoms with van der Waals surface area (Å²) in [6, 6.07) is 16.0. The molecule has 128 valence electrons. The lowest BCUT2D eigenvalue weighted by atomic mass is 10.1. The maximum atomic E-state index is 12.7. The molecule has 0 atom stereocenters. The molecule has 0 spiro atoms. The summed E-state index contributed by atoms with van der Waals surface area (Å²) in [5, 5.41) is 18.2. The molecule has 1 N–H and O–H groups in total. The summed E-state index contributed by atoms with van der Waals surface area (Å²) < 4.78 is 1.37. The molecular formula is C20H15N3O3. The van der Waals surface area contributed by atoms with Gasteiger partial charge in [0.15, 0.2) is 0 Å². The van der Waals surface area contributed by atoms with Crippen molar-refractivity contribution in [3.05, 3.63) is 75.8 Å². The van der Waals surface area contributed by atoms with E-state index in [2.05, 4.69) is 11.1 Å². The Bertz CT molecular complexity index is 1090. The lowest BCUT2D eigenvalue weighted by Gasteiger charge is -2.10. The van der Waals surface area contributed by atoms with E-state index in [-0.39, 0.29) is 18.5 Å². The monoisotopic (exact) mass is 345 g/mol. The zero-order chi connectivity index (χ0) is 18.5. The van der Waals surface area contributed by atoms with Crippen LogP contribution in [-0.2, 0) is 11.3 Å². The molecule has 0 amide bonds. The van der Waals surface area contributed by atoms with Gasteiger partial charge in [-0.2, -0.15) is 5.26 Å². The molecule has 1 aromatic heterocycles. The van der Waals surface area contributed by atoms with E-state index < -0.39 is 5.97 Å². The number of carboxylic acids is 1. The SMILES string of the molecule is N#Cc1ccc(C=Cc2nc3ccccc3c(=O)n2CCC(=O)O)cc1. The standard InChI is InChI=1S/C20H15N3O3/c21-13-15-7-5-14(6-8-15)9-10-18-22-17-4-2-1-3-16(17)20(26)23(18)12-11-19(24)25/h1-10H,11-12H2,(H,24,25). The molecule has 6 nitrogen and oxygen atoms in total. The molecule has 3 rings (SSSR count). The lowest BCUT2D eigenvalue weighted by molar-refractivity contribution is -0.137. The first-order valence-electron chi connectivity index (χ1n) is 7.98. The Morgan fingerprint density at radius 3 is 2.58 bits per heavy atom. The van der Waals surface area contributed by atoms with Crippen molar-refractivity contribution in [3.8, 4) is 6.07 Å². The van der Waals surface area contributed by atoms with Crippen LogP contribution >= 0.6 is 0 Å². The van der Waals surface area contributed by atoms with Crippen molar-refractivity contribution < 1.29 is 9.90 Å². The summed E-state index contributed by atoms with van der Waals surface area (Å²) in [5.41, 5.74) is 1.69. The Kier molecular flexibility index (Phi) is 4.90. The second-order valence-corrected chi connectivity index (χ2v) is 5.65. The molecule has 0 saturated carbocycles. The van der Waals surface area contributed by atoms with Crippen molar-refractivity contribution >= 4 is 29.0 Å². The third-order valence-corrected chi connectivity index (χ3v) is 3.91. The van der Waals surface area contributed by atoms with Crippen LogP contribution in [0.3, 0.4) is 0 Å². The minimum Gasteiger partial charge on any atom is -0.481 e. The maximum Gasteiger partial charge on any atom is 0.305 e. The fourth-order valence-electron chi connectivity index (χ4n) is 2.58. The van der Waals surface area contributed by atoms with Crippen LogP contribution in [0.5, 0.6) is 0 Å². The fraction of sp³-hybridized carbons (Fsp3) is 0.100. The molecule has 0 unspecified atom stereocenters. The number of fused-ring (bicyclic) bond motifs is 1. The normalized spacial score (nSPS) is 10.9. The van der Waals surface area contributed by atoms with Gasteiger partial charge in [-0.1, -0.05) is 30.3 Å². The van der Waals surface area contributed by atoms with E-state index in [4.69, 9.17) is 10.4 Å². The first kappa shape index (κ1) is 17.1. The van der Waals surface area contributed by atoms with Crippen molar-refractivity contribution in [2.45, 2.75) is 13.0 Å². The number of hydrogen-bond acceptors (Lipinski definition) is 4. The summed E-state index contributed by atoms with van der Waals surface area (Å²) in [5.74, 6) is -0.591. The van der Waals surface area contributed by atoms with Gasteiger partial charge in [-0.25, -0.2) is 4.98 Å². The van der Waals surface area contributed by atoms with Gasteiger partial charge in [-0.3, -0.25) is 14.2 Å². The Hall–Kier alpha value is -3.72. The van der Waals surface area contributed by atoms with Gasteiger partial charge < -0.3 is 5.11 Å². The molecule has 1 heterocycles. The molecule has 6 heteroatoms. The summed E-state index contributed by atoms with van der Waals surface area (Å²) in [7, 11) is 0. The largest absolute Gasteiger partial charge is 0.481 e. The zero-order valence-electron chi connectivity index (χ0n) is 13.8. The number of nitrogens with zero attached hydrogens (tertiary/aromatic N) is 3. The number of aromatic nitrogens is 2. The van der Waals surface area contributed by atoms with Crippen molar-refractivity contribution in [2.75, 3.05) is 0 Å². The average Bonchev–Trinajstić information content (AvgIpc) is 2.66. The van der Waals surface area contributed by atoms with E-state index in [1.54, 1.807) is 60.7 Å². The number of carbonyl (C=O) groups is 1. The molecular weight excluding hydrogens is 330 g/mol. The Balaban J connectivity index is 2.05. The van der Waals surface area contributed by atoms with Gasteiger partial charge in [-0.05, 0) is 35.9 Å². The van der Waals surface area contributed by atoms with E-state index in [1.165, 1.54) is 4.57 Å². The Morgan fingerprint density at radius 1 is 1.15 bits per heavy atom. The van der Waals surface area contributed by atoms with Gasteiger partial charge in [0.2, 0.25) is 0 Å². The fourth-order valence-corrected chi connectivity index (χ4v) is 2.58. The van der Waals surface area contributed by atoms with Crippen LogP contribution in [0, 0.1) is 11.3 Å². The highest BCUT2D eigenvalue weighted by Crippen LogP contribution is 2.12. The van der Waals surface area contributed by atoms with Crippen molar-refractivity contribution in [1.82, 2.24) is 9.55 Å². The van der Waals surface area contributed by atoms with Crippen LogP contribution in [-0.4, -0.2) is 20.6 Å². The van der Waals surface area contributed by atoms with E-state index in [0.717, 1.165) is 5.56 Å². The van der Waals surface area contributed by atoms with Gasteiger partial charge in [0, 0.05) is 6.54 Å². The van der Waals surface area contributed by atoms with Crippen LogP contribution in [0.2, 0.25) is 0 Å². The predicted octanol–water partition coefficient (Wildman–Crippen LogP) is 2.91. The molecule has 0 radical (unpaired) electrons. The molecule has 0 saturated heterocycles. The number of nitriles is 1. The van der Waals surface area contributed by atoms with Crippen LogP contribution in [0.4, 0.5) is 0 Å². The van der Waals surface area contributed by atoms with Gasteiger partial charge >= 0.3 is 5.97 Å². The lowest BCUT2D eigenvalue weighted by Crippen LogP contribution is -2.25. The highest BCUT2D eigenvalue weighted by atomic mass is 16.4. The molecule has 3 aromatic rings. The summed E-state index contributed by atoms with van der Waals surface area (Å²) >= 11 is 0. The maximum absolute atomic E-state index is 12.7. The van der Waals surface area contributed by atoms with E-state index >= 15 is 0 Å². The van der Waals surface area contributed by atoms with E-state index in [1.807, 2.05) is 0 Å². The number of benzene rings is 2. The Morgan fingerprint density at radius 2 is 1.88 bits per heavy atom. The molecule has 0 aliphatic heterocycles. The van der Waals surface area contributed by atoms with Crippen molar-refractivity contribution in [1.29, 1.82) is 5.26 Å². The van der Waals surface area contributed by atoms with Crippen molar-refractivity contribution in [2.24, 2.45) is 0 Å². The zero-order valence-corrected chi connectivity index (χ0v) is 13.8. The van der Waals surface area contributed by atoms with Gasteiger partial charge in [0.25, 0.3) is 5.56 Å². The second kappa shape index (κ2) is 7.45. The predicted molar refractivity (Wildman–Crippen MR) is 98.3 cm³/mol. The first-order chi connectivity index (χ1) is 12.6.